The molecule has 3 amide bonds. The maximum Gasteiger partial charge on any atom is 0.305 e. The summed E-state index contributed by atoms with van der Waals surface area (Å²) in [7, 11) is 0. The molecule has 1 aromatic heterocycles. The van der Waals surface area contributed by atoms with E-state index in [0.29, 0.717) is 41.0 Å². The van der Waals surface area contributed by atoms with E-state index in [2.05, 4.69) is 37.3 Å². The third kappa shape index (κ3) is 5.07. The lowest BCUT2D eigenvalue weighted by molar-refractivity contribution is 0.0829. The number of halogens is 2. The van der Waals surface area contributed by atoms with Gasteiger partial charge in [0.25, 0.3) is 11.8 Å². The summed E-state index contributed by atoms with van der Waals surface area (Å²) >= 11 is 3.30. The van der Waals surface area contributed by atoms with Crippen molar-refractivity contribution in [3.63, 3.8) is 0 Å². The van der Waals surface area contributed by atoms with E-state index in [-0.39, 0.29) is 11.3 Å². The van der Waals surface area contributed by atoms with Gasteiger partial charge in [-0.1, -0.05) is 15.9 Å². The van der Waals surface area contributed by atoms with Gasteiger partial charge in [-0.15, -0.1) is 0 Å². The monoisotopic (exact) mass is 526 g/mol. The molecule has 1 heterocycles. The standard InChI is InChI=1S/C24H20BrFN4O4/c1-13-20-18(27-28-22(31)15-7-11-17(26)12-8-15)3-2-4-19(20)34-21(13)24(33)30-29-23(32)14-5-9-16(25)10-6-14/h5-12H,2-4H2,1H3,(H,28,31)(H,29,32)(H,30,33)/b27-18+. The molecule has 3 aromatic rings. The third-order valence-electron chi connectivity index (χ3n) is 5.33. The number of amides is 3. The number of furan rings is 1. The van der Waals surface area contributed by atoms with Crippen LogP contribution in [0.4, 0.5) is 4.39 Å². The lowest BCUT2D eigenvalue weighted by atomic mass is 9.93. The van der Waals surface area contributed by atoms with Crippen molar-refractivity contribution < 1.29 is 23.2 Å². The molecule has 0 fully saturated rings. The number of aryl methyl sites for hydroxylation is 1. The quantitative estimate of drug-likeness (QED) is 0.445. The summed E-state index contributed by atoms with van der Waals surface area (Å²) in [5, 5.41) is 4.24. The van der Waals surface area contributed by atoms with Gasteiger partial charge in [-0.3, -0.25) is 25.2 Å². The topological polar surface area (TPSA) is 113 Å². The van der Waals surface area contributed by atoms with E-state index in [1.807, 2.05) is 0 Å². The Morgan fingerprint density at radius 2 is 1.53 bits per heavy atom. The van der Waals surface area contributed by atoms with Crippen LogP contribution in [0, 0.1) is 12.7 Å². The van der Waals surface area contributed by atoms with Crippen molar-refractivity contribution in [1.29, 1.82) is 0 Å². The summed E-state index contributed by atoms with van der Waals surface area (Å²) < 4.78 is 19.7. The number of carbonyl (C=O) groups excluding carboxylic acids is 3. The first-order valence-electron chi connectivity index (χ1n) is 10.4. The molecule has 0 aliphatic heterocycles. The fourth-order valence-electron chi connectivity index (χ4n) is 3.62. The van der Waals surface area contributed by atoms with Gasteiger partial charge in [0, 0.05) is 33.1 Å². The van der Waals surface area contributed by atoms with Gasteiger partial charge in [0.15, 0.2) is 5.76 Å². The average molecular weight is 527 g/mol. The van der Waals surface area contributed by atoms with Gasteiger partial charge in [0.05, 0.1) is 5.71 Å². The van der Waals surface area contributed by atoms with Crippen LogP contribution in [-0.4, -0.2) is 23.4 Å². The predicted octanol–water partition coefficient (Wildman–Crippen LogP) is 4.03. The van der Waals surface area contributed by atoms with Gasteiger partial charge in [0.1, 0.15) is 11.6 Å². The van der Waals surface area contributed by atoms with E-state index in [0.717, 1.165) is 10.9 Å². The lowest BCUT2D eigenvalue weighted by Crippen LogP contribution is -2.41. The highest BCUT2D eigenvalue weighted by molar-refractivity contribution is 9.10. The van der Waals surface area contributed by atoms with Crippen molar-refractivity contribution in [2.24, 2.45) is 5.10 Å². The first kappa shape index (κ1) is 23.4. The van der Waals surface area contributed by atoms with Gasteiger partial charge in [-0.05, 0) is 68.3 Å². The summed E-state index contributed by atoms with van der Waals surface area (Å²) in [6.07, 6.45) is 1.92. The Bertz CT molecular complexity index is 1280. The van der Waals surface area contributed by atoms with Gasteiger partial charge in [0.2, 0.25) is 0 Å². The number of hydrazone groups is 1. The number of rotatable bonds is 4. The molecule has 0 unspecified atom stereocenters. The first-order valence-corrected chi connectivity index (χ1v) is 11.2. The predicted molar refractivity (Wildman–Crippen MR) is 126 cm³/mol. The Morgan fingerprint density at radius 1 is 0.912 bits per heavy atom. The number of nitrogens with zero attached hydrogens (tertiary/aromatic N) is 1. The molecule has 0 radical (unpaired) electrons. The van der Waals surface area contributed by atoms with Gasteiger partial charge < -0.3 is 4.42 Å². The van der Waals surface area contributed by atoms with Crippen molar-refractivity contribution in [3.8, 4) is 0 Å². The molecular weight excluding hydrogens is 507 g/mol. The summed E-state index contributed by atoms with van der Waals surface area (Å²) in [6.45, 7) is 1.72. The van der Waals surface area contributed by atoms with Crippen LogP contribution >= 0.6 is 15.9 Å². The summed E-state index contributed by atoms with van der Waals surface area (Å²) in [5.74, 6) is -1.35. The Balaban J connectivity index is 1.47. The van der Waals surface area contributed by atoms with Crippen LogP contribution in [0.25, 0.3) is 0 Å². The average Bonchev–Trinajstić information content (AvgIpc) is 3.18. The number of hydrazine groups is 1. The van der Waals surface area contributed by atoms with Gasteiger partial charge in [-0.25, -0.2) is 9.82 Å². The Hall–Kier alpha value is -3.79. The zero-order valence-electron chi connectivity index (χ0n) is 18.1. The molecule has 1 aliphatic rings. The van der Waals surface area contributed by atoms with E-state index in [1.54, 1.807) is 31.2 Å². The van der Waals surface area contributed by atoms with Crippen molar-refractivity contribution in [1.82, 2.24) is 16.3 Å². The molecule has 0 atom stereocenters. The van der Waals surface area contributed by atoms with Crippen LogP contribution in [0.1, 0.15) is 61.0 Å². The molecule has 0 saturated heterocycles. The van der Waals surface area contributed by atoms with Crippen LogP contribution in [0.5, 0.6) is 0 Å². The maximum absolute atomic E-state index is 13.1. The van der Waals surface area contributed by atoms with Gasteiger partial charge >= 0.3 is 5.91 Å². The molecule has 2 aromatic carbocycles. The van der Waals surface area contributed by atoms with Crippen LogP contribution in [0.15, 0.2) is 62.5 Å². The zero-order chi connectivity index (χ0) is 24.2. The second-order valence-electron chi connectivity index (χ2n) is 7.63. The normalized spacial score (nSPS) is 13.8. The number of hydrogen-bond acceptors (Lipinski definition) is 5. The lowest BCUT2D eigenvalue weighted by Gasteiger charge is -2.13. The molecule has 174 valence electrons. The summed E-state index contributed by atoms with van der Waals surface area (Å²) in [5.41, 5.74) is 9.67. The maximum atomic E-state index is 13.1. The molecule has 0 bridgehead atoms. The fraction of sp³-hybridized carbons (Fsp3) is 0.167. The molecule has 10 heteroatoms. The highest BCUT2D eigenvalue weighted by Crippen LogP contribution is 2.29. The molecular formula is C24H20BrFN4O4. The van der Waals surface area contributed by atoms with Crippen molar-refractivity contribution in [2.75, 3.05) is 0 Å². The van der Waals surface area contributed by atoms with E-state index in [4.69, 9.17) is 4.42 Å². The second kappa shape index (κ2) is 10.0. The van der Waals surface area contributed by atoms with Crippen molar-refractivity contribution in [3.05, 3.63) is 92.6 Å². The van der Waals surface area contributed by atoms with E-state index >= 15 is 0 Å². The van der Waals surface area contributed by atoms with Crippen molar-refractivity contribution in [2.45, 2.75) is 26.2 Å². The van der Waals surface area contributed by atoms with Crippen LogP contribution in [0.2, 0.25) is 0 Å². The minimum Gasteiger partial charge on any atom is -0.455 e. The minimum atomic E-state index is -0.605. The molecule has 0 spiro atoms. The summed E-state index contributed by atoms with van der Waals surface area (Å²) in [4.78, 5) is 37.3. The van der Waals surface area contributed by atoms with Gasteiger partial charge in [-0.2, -0.15) is 5.10 Å². The summed E-state index contributed by atoms with van der Waals surface area (Å²) in [6, 6.07) is 11.8. The fourth-order valence-corrected chi connectivity index (χ4v) is 3.89. The smallest absolute Gasteiger partial charge is 0.305 e. The molecule has 34 heavy (non-hydrogen) atoms. The van der Waals surface area contributed by atoms with Crippen LogP contribution in [0.3, 0.4) is 0 Å². The Labute approximate surface area is 202 Å². The zero-order valence-corrected chi connectivity index (χ0v) is 19.7. The molecule has 8 nitrogen and oxygen atoms in total. The first-order chi connectivity index (χ1) is 16.3. The SMILES string of the molecule is Cc1c(C(=O)NNC(=O)c2ccc(Br)cc2)oc2c1/C(=N/NC(=O)c1ccc(F)cc1)CCC2. The highest BCUT2D eigenvalue weighted by atomic mass is 79.9. The Kier molecular flexibility index (Phi) is 6.87. The van der Waals surface area contributed by atoms with Crippen molar-refractivity contribution >= 4 is 39.4 Å². The highest BCUT2D eigenvalue weighted by Gasteiger charge is 2.28. The second-order valence-corrected chi connectivity index (χ2v) is 8.55. The number of nitrogens with one attached hydrogen (secondary N) is 3. The molecule has 1 aliphatic carbocycles. The number of hydrogen-bond donors (Lipinski definition) is 3. The Morgan fingerprint density at radius 3 is 2.24 bits per heavy atom. The number of carbonyl (C=O) groups is 3. The minimum absolute atomic E-state index is 0.0561. The number of benzene rings is 2. The van der Waals surface area contributed by atoms with Crippen LogP contribution in [-0.2, 0) is 6.42 Å². The molecule has 4 rings (SSSR count). The van der Waals surface area contributed by atoms with E-state index < -0.39 is 23.5 Å². The largest absolute Gasteiger partial charge is 0.455 e. The van der Waals surface area contributed by atoms with Crippen LogP contribution < -0.4 is 16.3 Å². The third-order valence-corrected chi connectivity index (χ3v) is 5.86. The number of fused-ring (bicyclic) bond motifs is 1. The molecule has 3 N–H and O–H groups in total. The van der Waals surface area contributed by atoms with E-state index in [9.17, 15) is 18.8 Å². The molecule has 0 saturated carbocycles. The van der Waals surface area contributed by atoms with E-state index in [1.165, 1.54) is 24.3 Å².